The Balaban J connectivity index is 2.13. The van der Waals surface area contributed by atoms with Gasteiger partial charge in [-0.25, -0.2) is 19.3 Å². The van der Waals surface area contributed by atoms with E-state index in [0.717, 1.165) is 6.07 Å². The molecule has 4 rings (SSSR count). The zero-order chi connectivity index (χ0) is 26.6. The molecule has 0 bridgehead atoms. The van der Waals surface area contributed by atoms with Crippen LogP contribution in [0.25, 0.3) is 34.2 Å². The van der Waals surface area contributed by atoms with Gasteiger partial charge in [0, 0.05) is 16.7 Å². The Morgan fingerprint density at radius 3 is 1.62 bits per heavy atom. The van der Waals surface area contributed by atoms with Gasteiger partial charge in [-0.3, -0.25) is 0 Å². The van der Waals surface area contributed by atoms with Gasteiger partial charge in [-0.05, 0) is 18.2 Å². The summed E-state index contributed by atoms with van der Waals surface area (Å²) in [5, 5.41) is -0.276. The third-order valence-corrected chi connectivity index (χ3v) is 3.55. The van der Waals surface area contributed by atoms with E-state index in [4.69, 9.17) is 25.3 Å². The number of nitrogens with zero attached hydrogens (tertiary/aromatic N) is 3. The highest BCUT2D eigenvalue weighted by Crippen LogP contribution is 2.26. The van der Waals surface area contributed by atoms with Crippen LogP contribution in [0.3, 0.4) is 0 Å². The third-order valence-electron chi connectivity index (χ3n) is 3.26. The van der Waals surface area contributed by atoms with Gasteiger partial charge in [0.2, 0.25) is 0 Å². The van der Waals surface area contributed by atoms with E-state index in [1.807, 2.05) is 0 Å². The van der Waals surface area contributed by atoms with Crippen molar-refractivity contribution in [3.05, 3.63) is 89.5 Å². The molecule has 26 heavy (non-hydrogen) atoms. The topological polar surface area (TPSA) is 38.7 Å². The van der Waals surface area contributed by atoms with E-state index in [2.05, 4.69) is 15.0 Å². The molecule has 0 N–H and O–H groups in total. The van der Waals surface area contributed by atoms with Crippen molar-refractivity contribution < 1.29 is 18.1 Å². The second-order valence-corrected chi connectivity index (χ2v) is 5.34. The molecular weight excluding hydrogens is 349 g/mol. The molecule has 0 radical (unpaired) electrons. The second-order valence-electron chi connectivity index (χ2n) is 4.94. The predicted molar refractivity (Wildman–Crippen MR) is 101 cm³/mol. The summed E-state index contributed by atoms with van der Waals surface area (Å²) in [6.07, 6.45) is 0. The molecule has 0 spiro atoms. The summed E-state index contributed by atoms with van der Waals surface area (Å²) in [6, 6.07) is -2.88. The van der Waals surface area contributed by atoms with Gasteiger partial charge in [0.05, 0.1) is 18.7 Å². The summed E-state index contributed by atoms with van der Waals surface area (Å²) in [6.45, 7) is 0. The lowest BCUT2D eigenvalue weighted by Crippen LogP contribution is -2.00. The average molecular weight is 372 g/mol. The Morgan fingerprint density at radius 1 is 0.692 bits per heavy atom. The summed E-state index contributed by atoms with van der Waals surface area (Å²) < 4.78 is 94.2. The van der Waals surface area contributed by atoms with Gasteiger partial charge in [0.25, 0.3) is 0 Å². The van der Waals surface area contributed by atoms with Crippen molar-refractivity contribution >= 4 is 11.6 Å². The van der Waals surface area contributed by atoms with Crippen LogP contribution in [0.4, 0.5) is 4.39 Å². The van der Waals surface area contributed by atoms with Crippen molar-refractivity contribution in [3.8, 4) is 34.2 Å². The minimum atomic E-state index is -0.730. The van der Waals surface area contributed by atoms with Crippen molar-refractivity contribution in [2.24, 2.45) is 0 Å². The molecule has 3 aromatic carbocycles. The number of rotatable bonds is 3. The molecule has 0 fully saturated rings. The fourth-order valence-electron chi connectivity index (χ4n) is 2.09. The van der Waals surface area contributed by atoms with Crippen molar-refractivity contribution in [1.29, 1.82) is 0 Å². The molecule has 5 heteroatoms. The predicted octanol–water partition coefficient (Wildman–Crippen LogP) is 5.67. The normalized spacial score (nSPS) is 16.1. The minimum Gasteiger partial charge on any atom is -0.208 e. The van der Waals surface area contributed by atoms with E-state index >= 15 is 0 Å². The van der Waals surface area contributed by atoms with Crippen LogP contribution in [-0.2, 0) is 0 Å². The van der Waals surface area contributed by atoms with E-state index < -0.39 is 89.0 Å². The Morgan fingerprint density at radius 2 is 1.15 bits per heavy atom. The highest BCUT2D eigenvalue weighted by Gasteiger charge is 2.13. The van der Waals surface area contributed by atoms with Crippen molar-refractivity contribution in [2.45, 2.75) is 0 Å². The lowest BCUT2D eigenvalue weighted by atomic mass is 10.1. The molecule has 4 aromatic rings. The lowest BCUT2D eigenvalue weighted by molar-refractivity contribution is 0.628. The van der Waals surface area contributed by atoms with Gasteiger partial charge < -0.3 is 0 Å². The minimum absolute atomic E-state index is 0.144. The SMILES string of the molecule is [2H]c1c([2H])c([2H])c(-c2nc(-c3ccc(F)c(Cl)c3)nc(-c3c([2H])c([2H])c([2H])c([2H])c3[2H])n2)c([2H])c1[2H]. The second kappa shape index (κ2) is 7.02. The van der Waals surface area contributed by atoms with Gasteiger partial charge in [0.1, 0.15) is 5.82 Å². The van der Waals surface area contributed by atoms with Crippen LogP contribution in [-0.4, -0.2) is 15.0 Å². The van der Waals surface area contributed by atoms with Crippen LogP contribution >= 0.6 is 11.6 Å². The molecule has 0 aliphatic heterocycles. The molecule has 0 saturated carbocycles. The van der Waals surface area contributed by atoms with Gasteiger partial charge in [-0.15, -0.1) is 0 Å². The van der Waals surface area contributed by atoms with Crippen LogP contribution in [0.1, 0.15) is 13.7 Å². The van der Waals surface area contributed by atoms with Gasteiger partial charge in [-0.1, -0.05) is 72.0 Å². The van der Waals surface area contributed by atoms with Crippen LogP contribution in [0, 0.1) is 5.82 Å². The highest BCUT2D eigenvalue weighted by atomic mass is 35.5. The first kappa shape index (κ1) is 8.52. The molecule has 1 aromatic heterocycles. The third kappa shape index (κ3) is 3.32. The summed E-state index contributed by atoms with van der Waals surface area (Å²) in [5.74, 6) is -1.76. The molecule has 0 atom stereocenters. The molecular formula is C21H13ClFN3. The number of benzene rings is 3. The monoisotopic (exact) mass is 371 g/mol. The van der Waals surface area contributed by atoms with Crippen molar-refractivity contribution in [1.82, 2.24) is 15.0 Å². The maximum absolute atomic E-state index is 13.8. The molecule has 3 nitrogen and oxygen atoms in total. The van der Waals surface area contributed by atoms with Crippen LogP contribution in [0.15, 0.2) is 78.6 Å². The average Bonchev–Trinajstić information content (AvgIpc) is 2.85. The Hall–Kier alpha value is -3.11. The largest absolute Gasteiger partial charge is 0.208 e. The molecule has 0 amide bonds. The zero-order valence-electron chi connectivity index (χ0n) is 22.8. The van der Waals surface area contributed by atoms with E-state index in [1.54, 1.807) is 0 Å². The van der Waals surface area contributed by atoms with Crippen molar-refractivity contribution in [2.75, 3.05) is 0 Å². The maximum Gasteiger partial charge on any atom is 0.164 e. The van der Waals surface area contributed by atoms with E-state index in [1.165, 1.54) is 12.1 Å². The standard InChI is InChI=1S/C21H13ClFN3/c22-17-13-16(11-12-18(17)23)21-25-19(14-7-3-1-4-8-14)24-20(26-21)15-9-5-2-6-10-15/h1-13H/i1D,2D,3D,4D,5D,6D,7D,8D,9D,10D. The number of hydrogen-bond acceptors (Lipinski definition) is 3. The Bertz CT molecular complexity index is 1440. The number of aromatic nitrogens is 3. The van der Waals surface area contributed by atoms with Gasteiger partial charge >= 0.3 is 0 Å². The van der Waals surface area contributed by atoms with Crippen molar-refractivity contribution in [3.63, 3.8) is 0 Å². The first-order valence-electron chi connectivity index (χ1n) is 12.2. The molecule has 0 aliphatic carbocycles. The molecule has 0 aliphatic rings. The number of halogens is 2. The highest BCUT2D eigenvalue weighted by molar-refractivity contribution is 6.31. The molecule has 1 heterocycles. The summed E-state index contributed by atoms with van der Waals surface area (Å²) >= 11 is 5.89. The quantitative estimate of drug-likeness (QED) is 0.466. The summed E-state index contributed by atoms with van der Waals surface area (Å²) in [5.41, 5.74) is -0.649. The Kier molecular flexibility index (Phi) is 2.30. The fourth-order valence-corrected chi connectivity index (χ4v) is 2.27. The van der Waals surface area contributed by atoms with Gasteiger partial charge in [-0.2, -0.15) is 0 Å². The summed E-state index contributed by atoms with van der Waals surface area (Å²) in [4.78, 5) is 12.5. The summed E-state index contributed by atoms with van der Waals surface area (Å²) in [7, 11) is 0. The first-order chi connectivity index (χ1) is 16.8. The number of hydrogen-bond donors (Lipinski definition) is 0. The molecule has 126 valence electrons. The van der Waals surface area contributed by atoms with Crippen LogP contribution in [0.5, 0.6) is 0 Å². The Labute approximate surface area is 169 Å². The molecule has 0 saturated heterocycles. The fraction of sp³-hybridized carbons (Fsp3) is 0. The zero-order valence-corrected chi connectivity index (χ0v) is 13.6. The van der Waals surface area contributed by atoms with E-state index in [0.29, 0.717) is 0 Å². The molecule has 0 unspecified atom stereocenters. The van der Waals surface area contributed by atoms with Gasteiger partial charge in [0.15, 0.2) is 17.5 Å². The van der Waals surface area contributed by atoms with E-state index in [-0.39, 0.29) is 16.4 Å². The van der Waals surface area contributed by atoms with E-state index in [9.17, 15) is 4.39 Å². The van der Waals surface area contributed by atoms with Crippen LogP contribution < -0.4 is 0 Å². The maximum atomic E-state index is 13.8. The lowest BCUT2D eigenvalue weighted by Gasteiger charge is -2.08. The van der Waals surface area contributed by atoms with Crippen LogP contribution in [0.2, 0.25) is 5.02 Å². The smallest absolute Gasteiger partial charge is 0.164 e. The first-order valence-corrected chi connectivity index (χ1v) is 7.59.